The normalized spacial score (nSPS) is 12.9. The molecule has 2 aromatic rings. The lowest BCUT2D eigenvalue weighted by Crippen LogP contribution is -2.17. The number of thiazole rings is 1. The molecule has 8 heteroatoms. The minimum atomic E-state index is -0.168. The molecular weight excluding hydrogens is 367 g/mol. The first-order chi connectivity index (χ1) is 10.7. The van der Waals surface area contributed by atoms with Gasteiger partial charge in [-0.25, -0.2) is 4.98 Å². The third kappa shape index (κ3) is 4.46. The first-order valence-electron chi connectivity index (χ1n) is 7.50. The van der Waals surface area contributed by atoms with Crippen molar-refractivity contribution in [1.29, 1.82) is 0 Å². The summed E-state index contributed by atoms with van der Waals surface area (Å²) < 4.78 is 0. The van der Waals surface area contributed by atoms with E-state index in [1.54, 1.807) is 5.38 Å². The molecule has 0 saturated carbocycles. The fourth-order valence-electron chi connectivity index (χ4n) is 2.78. The fraction of sp³-hybridized carbons (Fsp3) is 0.375. The standard InChI is InChI=1S/C16H20N4OS.2ClH/c1-2-6-20-8-11-4-3-5-13(12(11)9-20)19-16(21)14-10-22-15(7-17)18-14;;/h3-5,10H,2,6-9,17H2,1H3,(H,19,21);2*1H. The maximum Gasteiger partial charge on any atom is 0.275 e. The number of halogens is 2. The molecule has 0 bridgehead atoms. The van der Waals surface area contributed by atoms with Gasteiger partial charge < -0.3 is 11.1 Å². The SMILES string of the molecule is CCCN1Cc2cccc(NC(=O)c3csc(CN)n3)c2C1.Cl.Cl. The second-order valence-electron chi connectivity index (χ2n) is 5.44. The van der Waals surface area contributed by atoms with Crippen LogP contribution in [-0.4, -0.2) is 22.3 Å². The zero-order valence-corrected chi connectivity index (χ0v) is 15.9. The average molecular weight is 389 g/mol. The Balaban J connectivity index is 0.00000144. The third-order valence-corrected chi connectivity index (χ3v) is 4.67. The lowest BCUT2D eigenvalue weighted by molar-refractivity contribution is 0.102. The van der Waals surface area contributed by atoms with Crippen LogP contribution >= 0.6 is 36.2 Å². The molecule has 0 aliphatic carbocycles. The van der Waals surface area contributed by atoms with Gasteiger partial charge in [-0.2, -0.15) is 0 Å². The Hall–Kier alpha value is -1.18. The Morgan fingerprint density at radius 3 is 2.83 bits per heavy atom. The Bertz CT molecular complexity index is 692. The topological polar surface area (TPSA) is 71.2 Å². The molecule has 2 heterocycles. The highest BCUT2D eigenvalue weighted by atomic mass is 35.5. The number of carbonyl (C=O) groups is 1. The van der Waals surface area contributed by atoms with E-state index in [0.717, 1.165) is 36.8 Å². The number of hydrogen-bond donors (Lipinski definition) is 2. The number of rotatable bonds is 5. The summed E-state index contributed by atoms with van der Waals surface area (Å²) in [5, 5.41) is 5.53. The van der Waals surface area contributed by atoms with E-state index in [2.05, 4.69) is 28.2 Å². The molecule has 3 rings (SSSR count). The van der Waals surface area contributed by atoms with Crippen LogP contribution in [0.1, 0.15) is 40.0 Å². The van der Waals surface area contributed by atoms with Crippen LogP contribution in [0.4, 0.5) is 5.69 Å². The Labute approximate surface area is 158 Å². The average Bonchev–Trinajstić information content (AvgIpc) is 3.14. The predicted molar refractivity (Wildman–Crippen MR) is 103 cm³/mol. The highest BCUT2D eigenvalue weighted by Gasteiger charge is 2.22. The largest absolute Gasteiger partial charge is 0.325 e. The van der Waals surface area contributed by atoms with Gasteiger partial charge in [0.25, 0.3) is 5.91 Å². The van der Waals surface area contributed by atoms with E-state index < -0.39 is 0 Å². The zero-order valence-electron chi connectivity index (χ0n) is 13.4. The van der Waals surface area contributed by atoms with Crippen LogP contribution in [0.5, 0.6) is 0 Å². The third-order valence-electron chi connectivity index (χ3n) is 3.80. The fourth-order valence-corrected chi connectivity index (χ4v) is 3.43. The molecule has 0 unspecified atom stereocenters. The van der Waals surface area contributed by atoms with E-state index in [1.807, 2.05) is 12.1 Å². The lowest BCUT2D eigenvalue weighted by Gasteiger charge is -2.13. The van der Waals surface area contributed by atoms with Crippen molar-refractivity contribution >= 4 is 47.7 Å². The molecule has 0 atom stereocenters. The van der Waals surface area contributed by atoms with Gasteiger partial charge in [0.1, 0.15) is 10.7 Å². The number of fused-ring (bicyclic) bond motifs is 1. The summed E-state index contributed by atoms with van der Waals surface area (Å²) in [6, 6.07) is 6.09. The van der Waals surface area contributed by atoms with Crippen molar-refractivity contribution in [2.24, 2.45) is 5.73 Å². The molecule has 24 heavy (non-hydrogen) atoms. The number of amides is 1. The van der Waals surface area contributed by atoms with Gasteiger partial charge in [-0.3, -0.25) is 9.69 Å². The van der Waals surface area contributed by atoms with E-state index in [0.29, 0.717) is 12.2 Å². The van der Waals surface area contributed by atoms with Crippen molar-refractivity contribution in [2.75, 3.05) is 11.9 Å². The van der Waals surface area contributed by atoms with Gasteiger partial charge in [0.05, 0.1) is 0 Å². The highest BCUT2D eigenvalue weighted by molar-refractivity contribution is 7.09. The quantitative estimate of drug-likeness (QED) is 0.822. The molecule has 3 N–H and O–H groups in total. The van der Waals surface area contributed by atoms with Crippen LogP contribution in [-0.2, 0) is 19.6 Å². The number of nitrogens with two attached hydrogens (primary N) is 1. The molecule has 1 aliphatic rings. The van der Waals surface area contributed by atoms with Crippen molar-refractivity contribution in [1.82, 2.24) is 9.88 Å². The van der Waals surface area contributed by atoms with Crippen molar-refractivity contribution in [3.05, 3.63) is 45.4 Å². The molecule has 132 valence electrons. The molecular formula is C16H22Cl2N4OS. The number of anilines is 1. The Morgan fingerprint density at radius 1 is 1.38 bits per heavy atom. The smallest absolute Gasteiger partial charge is 0.275 e. The van der Waals surface area contributed by atoms with Crippen molar-refractivity contribution < 1.29 is 4.79 Å². The summed E-state index contributed by atoms with van der Waals surface area (Å²) in [6.45, 7) is 5.48. The van der Waals surface area contributed by atoms with Gasteiger partial charge in [-0.05, 0) is 30.2 Å². The Kier molecular flexibility index (Phi) is 8.12. The molecule has 1 aromatic carbocycles. The lowest BCUT2D eigenvalue weighted by atomic mass is 10.1. The van der Waals surface area contributed by atoms with Crippen LogP contribution in [0, 0.1) is 0 Å². The first kappa shape index (κ1) is 20.9. The summed E-state index contributed by atoms with van der Waals surface area (Å²) in [5.74, 6) is -0.168. The summed E-state index contributed by atoms with van der Waals surface area (Å²) in [6.07, 6.45) is 1.14. The van der Waals surface area contributed by atoms with Crippen molar-refractivity contribution in [3.63, 3.8) is 0 Å². The molecule has 5 nitrogen and oxygen atoms in total. The van der Waals surface area contributed by atoms with Gasteiger partial charge in [0, 0.05) is 30.7 Å². The maximum atomic E-state index is 12.3. The monoisotopic (exact) mass is 388 g/mol. The minimum absolute atomic E-state index is 0. The summed E-state index contributed by atoms with van der Waals surface area (Å²) in [5.41, 5.74) is 9.39. The number of aromatic nitrogens is 1. The van der Waals surface area contributed by atoms with Crippen LogP contribution in [0.2, 0.25) is 0 Å². The summed E-state index contributed by atoms with van der Waals surface area (Å²) >= 11 is 1.42. The van der Waals surface area contributed by atoms with Gasteiger partial charge in [0.15, 0.2) is 0 Å². The molecule has 0 spiro atoms. The second kappa shape index (κ2) is 9.34. The highest BCUT2D eigenvalue weighted by Crippen LogP contribution is 2.29. The number of hydrogen-bond acceptors (Lipinski definition) is 5. The molecule has 1 aromatic heterocycles. The second-order valence-corrected chi connectivity index (χ2v) is 6.38. The summed E-state index contributed by atoms with van der Waals surface area (Å²) in [7, 11) is 0. The maximum absolute atomic E-state index is 12.3. The van der Waals surface area contributed by atoms with Crippen molar-refractivity contribution in [2.45, 2.75) is 33.0 Å². The Morgan fingerprint density at radius 2 is 2.17 bits per heavy atom. The van der Waals surface area contributed by atoms with Gasteiger partial charge in [0.2, 0.25) is 0 Å². The molecule has 0 radical (unpaired) electrons. The van der Waals surface area contributed by atoms with Gasteiger partial charge in [-0.15, -0.1) is 36.2 Å². The minimum Gasteiger partial charge on any atom is -0.325 e. The van der Waals surface area contributed by atoms with Crippen molar-refractivity contribution in [3.8, 4) is 0 Å². The van der Waals surface area contributed by atoms with Crippen LogP contribution in [0.25, 0.3) is 0 Å². The van der Waals surface area contributed by atoms with E-state index in [4.69, 9.17) is 5.73 Å². The zero-order chi connectivity index (χ0) is 15.5. The van der Waals surface area contributed by atoms with Crippen LogP contribution in [0.15, 0.2) is 23.6 Å². The van der Waals surface area contributed by atoms with Crippen LogP contribution in [0.3, 0.4) is 0 Å². The van der Waals surface area contributed by atoms with E-state index in [9.17, 15) is 4.79 Å². The van der Waals surface area contributed by atoms with Gasteiger partial charge >= 0.3 is 0 Å². The molecule has 0 fully saturated rings. The van der Waals surface area contributed by atoms with Gasteiger partial charge in [-0.1, -0.05) is 19.1 Å². The van der Waals surface area contributed by atoms with Crippen LogP contribution < -0.4 is 11.1 Å². The number of nitrogens with zero attached hydrogens (tertiary/aromatic N) is 2. The number of nitrogens with one attached hydrogen (secondary N) is 1. The van der Waals surface area contributed by atoms with E-state index in [1.165, 1.54) is 22.5 Å². The predicted octanol–water partition coefficient (Wildman–Crippen LogP) is 3.42. The van der Waals surface area contributed by atoms with E-state index >= 15 is 0 Å². The number of carbonyl (C=O) groups excluding carboxylic acids is 1. The molecule has 0 saturated heterocycles. The first-order valence-corrected chi connectivity index (χ1v) is 8.38. The van der Waals surface area contributed by atoms with E-state index in [-0.39, 0.29) is 30.7 Å². The number of benzene rings is 1. The molecule has 1 amide bonds. The summed E-state index contributed by atoms with van der Waals surface area (Å²) in [4.78, 5) is 19.0. The molecule has 1 aliphatic heterocycles.